The van der Waals surface area contributed by atoms with Crippen LogP contribution in [0.4, 0.5) is 0 Å². The predicted octanol–water partition coefficient (Wildman–Crippen LogP) is 3.65. The number of fused-ring (bicyclic) bond motifs is 1. The molecule has 5 nitrogen and oxygen atoms in total. The van der Waals surface area contributed by atoms with E-state index in [1.54, 1.807) is 0 Å². The largest absolute Gasteiger partial charge is 0.392 e. The zero-order chi connectivity index (χ0) is 19.5. The van der Waals surface area contributed by atoms with Crippen LogP contribution in [0.3, 0.4) is 0 Å². The molecule has 1 fully saturated rings. The van der Waals surface area contributed by atoms with E-state index in [0.29, 0.717) is 19.5 Å². The van der Waals surface area contributed by atoms with Crippen molar-refractivity contribution in [3.8, 4) is 0 Å². The van der Waals surface area contributed by atoms with Gasteiger partial charge in [0.2, 0.25) is 5.91 Å². The topological polar surface area (TPSA) is 68.4 Å². The number of aromatic amines is 1. The van der Waals surface area contributed by atoms with Crippen molar-refractivity contribution in [2.45, 2.75) is 25.0 Å². The standard InChI is InChI=1S/C21H23N3O2S2.2H2S/c25-16-8-9-24(12-16)13-18(15-4-2-1-3-5-15)22-20(26)11-14-6-7-19-17(10-14)23-21(27)28-19;;/h1-7,10,16,18,25H,8-9,11-13H2,(H,22,26)(H,23,27);2*1H2/t16-,18+;;/m0../s1. The molecule has 2 aromatic carbocycles. The molecule has 1 aliphatic heterocycles. The van der Waals surface area contributed by atoms with Crippen molar-refractivity contribution in [3.63, 3.8) is 0 Å². The minimum Gasteiger partial charge on any atom is -0.392 e. The summed E-state index contributed by atoms with van der Waals surface area (Å²) in [6, 6.07) is 15.9. The number of hydrogen-bond donors (Lipinski definition) is 3. The molecule has 3 N–H and O–H groups in total. The molecule has 1 saturated heterocycles. The van der Waals surface area contributed by atoms with E-state index in [-0.39, 0.29) is 45.0 Å². The van der Waals surface area contributed by atoms with Gasteiger partial charge < -0.3 is 15.4 Å². The van der Waals surface area contributed by atoms with Crippen LogP contribution in [-0.4, -0.2) is 46.6 Å². The fraction of sp³-hybridized carbons (Fsp3) is 0.333. The molecule has 0 spiro atoms. The summed E-state index contributed by atoms with van der Waals surface area (Å²) in [6.45, 7) is 2.21. The van der Waals surface area contributed by atoms with Crippen LogP contribution in [0.2, 0.25) is 0 Å². The van der Waals surface area contributed by atoms with Gasteiger partial charge in [-0.2, -0.15) is 27.0 Å². The molecule has 0 radical (unpaired) electrons. The van der Waals surface area contributed by atoms with E-state index in [2.05, 4.69) is 15.2 Å². The Bertz CT molecular complexity index is 1020. The molecular weight excluding hydrogens is 455 g/mol. The number of carbonyl (C=O) groups is 1. The zero-order valence-electron chi connectivity index (χ0n) is 16.4. The fourth-order valence-electron chi connectivity index (χ4n) is 3.70. The van der Waals surface area contributed by atoms with Crippen molar-refractivity contribution in [1.29, 1.82) is 0 Å². The Balaban J connectivity index is 0.00000160. The molecule has 1 aromatic heterocycles. The van der Waals surface area contributed by atoms with Gasteiger partial charge in [-0.3, -0.25) is 9.69 Å². The first kappa shape index (κ1) is 24.9. The summed E-state index contributed by atoms with van der Waals surface area (Å²) in [7, 11) is 0. The zero-order valence-corrected chi connectivity index (χ0v) is 20.1. The average Bonchev–Trinajstić information content (AvgIpc) is 3.25. The lowest BCUT2D eigenvalue weighted by Gasteiger charge is -2.25. The van der Waals surface area contributed by atoms with Gasteiger partial charge in [0, 0.05) is 19.6 Å². The average molecular weight is 482 g/mol. The predicted molar refractivity (Wildman–Crippen MR) is 136 cm³/mol. The van der Waals surface area contributed by atoms with E-state index < -0.39 is 0 Å². The highest BCUT2D eigenvalue weighted by atomic mass is 32.1. The number of aliphatic hydroxyl groups is 1. The molecule has 3 aromatic rings. The van der Waals surface area contributed by atoms with Gasteiger partial charge in [0.15, 0.2) is 3.95 Å². The van der Waals surface area contributed by atoms with E-state index in [1.807, 2.05) is 48.5 Å². The maximum Gasteiger partial charge on any atom is 0.224 e. The monoisotopic (exact) mass is 481 g/mol. The molecule has 2 atom stereocenters. The summed E-state index contributed by atoms with van der Waals surface area (Å²) in [4.78, 5) is 18.1. The molecule has 9 heteroatoms. The second kappa shape index (κ2) is 11.3. The molecule has 1 aliphatic rings. The first-order valence-corrected chi connectivity index (χ1v) is 10.7. The molecular formula is C21H27N3O2S4. The highest BCUT2D eigenvalue weighted by Crippen LogP contribution is 2.22. The minimum atomic E-state index is -0.269. The van der Waals surface area contributed by atoms with Crippen molar-refractivity contribution in [3.05, 3.63) is 63.6 Å². The number of benzene rings is 2. The molecule has 0 bridgehead atoms. The molecule has 1 amide bonds. The molecule has 30 heavy (non-hydrogen) atoms. The SMILES string of the molecule is O=C(Cc1ccc2sc(=S)[nH]c2c1)N[C@H](CN1CC[C@H](O)C1)c1ccccc1.S.S. The first-order valence-electron chi connectivity index (χ1n) is 9.43. The summed E-state index contributed by atoms with van der Waals surface area (Å²) < 4.78 is 1.84. The highest BCUT2D eigenvalue weighted by Gasteiger charge is 2.24. The summed E-state index contributed by atoms with van der Waals surface area (Å²) in [5, 5.41) is 13.0. The summed E-state index contributed by atoms with van der Waals surface area (Å²) in [5.74, 6) is -0.0122. The Kier molecular flexibility index (Phi) is 9.39. The second-order valence-electron chi connectivity index (χ2n) is 7.25. The molecule has 2 heterocycles. The number of amides is 1. The van der Waals surface area contributed by atoms with Crippen LogP contribution in [0.5, 0.6) is 0 Å². The van der Waals surface area contributed by atoms with Gasteiger partial charge in [-0.15, -0.1) is 11.3 Å². The van der Waals surface area contributed by atoms with Crippen LogP contribution in [0.15, 0.2) is 48.5 Å². The van der Waals surface area contributed by atoms with E-state index >= 15 is 0 Å². The number of rotatable bonds is 6. The maximum atomic E-state index is 12.8. The highest BCUT2D eigenvalue weighted by molar-refractivity contribution is 7.73. The lowest BCUT2D eigenvalue weighted by molar-refractivity contribution is -0.121. The van der Waals surface area contributed by atoms with Gasteiger partial charge >= 0.3 is 0 Å². The van der Waals surface area contributed by atoms with Crippen LogP contribution in [0.1, 0.15) is 23.6 Å². The van der Waals surface area contributed by atoms with Gasteiger partial charge in [0.1, 0.15) is 0 Å². The quantitative estimate of drug-likeness (QED) is 0.470. The number of thiazole rings is 1. The van der Waals surface area contributed by atoms with Crippen molar-refractivity contribution < 1.29 is 9.90 Å². The summed E-state index contributed by atoms with van der Waals surface area (Å²) >= 11 is 6.73. The van der Waals surface area contributed by atoms with E-state index in [4.69, 9.17) is 12.2 Å². The van der Waals surface area contributed by atoms with E-state index in [9.17, 15) is 9.90 Å². The number of hydrogen-bond acceptors (Lipinski definition) is 5. The van der Waals surface area contributed by atoms with Crippen LogP contribution in [0.25, 0.3) is 10.2 Å². The van der Waals surface area contributed by atoms with Crippen molar-refractivity contribution in [1.82, 2.24) is 15.2 Å². The van der Waals surface area contributed by atoms with Crippen LogP contribution >= 0.6 is 50.5 Å². The first-order chi connectivity index (χ1) is 13.6. The Labute approximate surface area is 199 Å². The Hall–Kier alpha value is -1.36. The molecule has 4 rings (SSSR count). The van der Waals surface area contributed by atoms with E-state index in [1.165, 1.54) is 11.3 Å². The number of H-pyrrole nitrogens is 1. The molecule has 162 valence electrons. The number of aromatic nitrogens is 1. The molecule has 0 aliphatic carbocycles. The van der Waals surface area contributed by atoms with Crippen LogP contribution < -0.4 is 5.32 Å². The van der Waals surface area contributed by atoms with Crippen molar-refractivity contribution >= 4 is 66.7 Å². The Morgan fingerprint density at radius 2 is 2.03 bits per heavy atom. The van der Waals surface area contributed by atoms with Gasteiger partial charge in [0.25, 0.3) is 0 Å². The minimum absolute atomic E-state index is 0. The number of carbonyl (C=O) groups excluding carboxylic acids is 1. The summed E-state index contributed by atoms with van der Waals surface area (Å²) in [6.07, 6.45) is 0.838. The Morgan fingerprint density at radius 1 is 1.27 bits per heavy atom. The van der Waals surface area contributed by atoms with Crippen LogP contribution in [0, 0.1) is 3.95 Å². The van der Waals surface area contributed by atoms with Crippen LogP contribution in [-0.2, 0) is 11.2 Å². The molecule has 0 unspecified atom stereocenters. The van der Waals surface area contributed by atoms with Crippen molar-refractivity contribution in [2.75, 3.05) is 19.6 Å². The lowest BCUT2D eigenvalue weighted by atomic mass is 10.1. The third-order valence-corrected chi connectivity index (χ3v) is 6.29. The normalized spacial score (nSPS) is 17.2. The van der Waals surface area contributed by atoms with Gasteiger partial charge in [-0.1, -0.05) is 36.4 Å². The number of aliphatic hydroxyl groups excluding tert-OH is 1. The number of β-amino-alcohol motifs (C(OH)–C–C–N with tert-alkyl or cyclic N) is 1. The third-order valence-electron chi connectivity index (χ3n) is 5.07. The Morgan fingerprint density at radius 3 is 2.73 bits per heavy atom. The lowest BCUT2D eigenvalue weighted by Crippen LogP contribution is -2.38. The fourth-order valence-corrected chi connectivity index (χ4v) is 4.79. The van der Waals surface area contributed by atoms with Gasteiger partial charge in [-0.05, 0) is 41.9 Å². The smallest absolute Gasteiger partial charge is 0.224 e. The van der Waals surface area contributed by atoms with Gasteiger partial charge in [0.05, 0.1) is 28.8 Å². The maximum absolute atomic E-state index is 12.8. The number of likely N-dealkylation sites (tertiary alicyclic amines) is 1. The van der Waals surface area contributed by atoms with Gasteiger partial charge in [-0.25, -0.2) is 0 Å². The number of nitrogens with one attached hydrogen (secondary N) is 2. The second-order valence-corrected chi connectivity index (χ2v) is 8.97. The third kappa shape index (κ3) is 6.32. The number of nitrogens with zero attached hydrogens (tertiary/aromatic N) is 1. The van der Waals surface area contributed by atoms with Crippen molar-refractivity contribution in [2.24, 2.45) is 0 Å². The summed E-state index contributed by atoms with van der Waals surface area (Å²) in [5.41, 5.74) is 3.01. The van der Waals surface area contributed by atoms with E-state index in [0.717, 1.165) is 38.3 Å². The molecule has 0 saturated carbocycles.